The maximum atomic E-state index is 13.8. The van der Waals surface area contributed by atoms with Crippen molar-refractivity contribution in [2.75, 3.05) is 27.2 Å². The van der Waals surface area contributed by atoms with E-state index >= 15 is 0 Å². The summed E-state index contributed by atoms with van der Waals surface area (Å²) in [4.78, 5) is 57.4. The van der Waals surface area contributed by atoms with Gasteiger partial charge in [-0.05, 0) is 63.8 Å². The van der Waals surface area contributed by atoms with Gasteiger partial charge in [-0.1, -0.05) is 18.2 Å². The Hall–Kier alpha value is -4.74. The van der Waals surface area contributed by atoms with Crippen molar-refractivity contribution in [1.29, 1.82) is 0 Å². The molecule has 4 amide bonds. The molecule has 45 heavy (non-hydrogen) atoms. The van der Waals surface area contributed by atoms with E-state index < -0.39 is 29.5 Å². The molecule has 4 unspecified atom stereocenters. The zero-order chi connectivity index (χ0) is 31.9. The average Bonchev–Trinajstić information content (AvgIpc) is 3.56. The molecule has 1 saturated heterocycles. The molecule has 2 aromatic heterocycles. The van der Waals surface area contributed by atoms with Crippen molar-refractivity contribution in [3.63, 3.8) is 0 Å². The van der Waals surface area contributed by atoms with E-state index in [4.69, 9.17) is 25.2 Å². The normalized spacial score (nSPS) is 25.3. The molecule has 4 heterocycles. The van der Waals surface area contributed by atoms with E-state index in [2.05, 4.69) is 10.3 Å². The number of amides is 4. The van der Waals surface area contributed by atoms with Gasteiger partial charge in [0, 0.05) is 37.2 Å². The summed E-state index contributed by atoms with van der Waals surface area (Å²) in [7, 11) is 3.35. The molecular formula is C33H39N7O5. The van der Waals surface area contributed by atoms with Crippen LogP contribution in [0.2, 0.25) is 0 Å². The highest BCUT2D eigenvalue weighted by Gasteiger charge is 2.60. The number of ether oxygens (including phenoxy) is 2. The number of urea groups is 1. The van der Waals surface area contributed by atoms with Gasteiger partial charge in [-0.15, -0.1) is 0 Å². The summed E-state index contributed by atoms with van der Waals surface area (Å²) >= 11 is 0. The van der Waals surface area contributed by atoms with Crippen molar-refractivity contribution in [1.82, 2.24) is 30.1 Å². The minimum atomic E-state index is -1.15. The van der Waals surface area contributed by atoms with E-state index in [1.165, 1.54) is 4.90 Å². The molecule has 0 bridgehead atoms. The molecule has 2 fully saturated rings. The lowest BCUT2D eigenvalue weighted by Crippen LogP contribution is -2.56. The molecule has 0 radical (unpaired) electrons. The van der Waals surface area contributed by atoms with Crippen molar-refractivity contribution >= 4 is 28.7 Å². The number of carbonyl (C=O) groups excluding carboxylic acids is 3. The van der Waals surface area contributed by atoms with Crippen LogP contribution in [0.25, 0.3) is 22.4 Å². The Morgan fingerprint density at radius 3 is 2.69 bits per heavy atom. The van der Waals surface area contributed by atoms with Gasteiger partial charge >= 0.3 is 6.03 Å². The summed E-state index contributed by atoms with van der Waals surface area (Å²) in [6.45, 7) is 4.54. The second-order valence-electron chi connectivity index (χ2n) is 12.2. The van der Waals surface area contributed by atoms with Gasteiger partial charge in [0.05, 0.1) is 24.6 Å². The molecule has 1 aromatic carbocycles. The number of carbonyl (C=O) groups is 3. The van der Waals surface area contributed by atoms with Crippen LogP contribution < -0.4 is 20.5 Å². The molecule has 3 aliphatic rings. The smallest absolute Gasteiger partial charge is 0.320 e. The Morgan fingerprint density at radius 2 is 1.93 bits per heavy atom. The number of pyridine rings is 1. The first kappa shape index (κ1) is 30.3. The van der Waals surface area contributed by atoms with Gasteiger partial charge in [0.25, 0.3) is 0 Å². The number of aromatic nitrogens is 3. The number of hydrogen-bond acceptors (Lipinski definition) is 8. The number of nitrogens with two attached hydrogens (primary N) is 1. The van der Waals surface area contributed by atoms with E-state index in [9.17, 15) is 14.4 Å². The molecule has 3 aromatic rings. The lowest BCUT2D eigenvalue weighted by molar-refractivity contribution is -0.130. The van der Waals surface area contributed by atoms with Crippen LogP contribution in [0.3, 0.4) is 0 Å². The number of nitrogens with one attached hydrogen (secondary N) is 1. The summed E-state index contributed by atoms with van der Waals surface area (Å²) in [6.07, 6.45) is 6.63. The Balaban J connectivity index is 1.35. The molecule has 236 valence electrons. The Kier molecular flexibility index (Phi) is 8.07. The van der Waals surface area contributed by atoms with Crippen LogP contribution >= 0.6 is 0 Å². The van der Waals surface area contributed by atoms with Gasteiger partial charge in [0.1, 0.15) is 29.1 Å². The van der Waals surface area contributed by atoms with Crippen molar-refractivity contribution in [2.24, 2.45) is 11.7 Å². The van der Waals surface area contributed by atoms with Gasteiger partial charge in [0.15, 0.2) is 5.82 Å². The largest absolute Gasteiger partial charge is 0.496 e. The third-order valence-corrected chi connectivity index (χ3v) is 9.07. The van der Waals surface area contributed by atoms with Crippen molar-refractivity contribution in [3.05, 3.63) is 53.7 Å². The lowest BCUT2D eigenvalue weighted by atomic mass is 10.1. The summed E-state index contributed by atoms with van der Waals surface area (Å²) in [5, 5.41) is 3.59. The molecule has 1 aliphatic carbocycles. The molecule has 0 spiro atoms. The third kappa shape index (κ3) is 5.76. The third-order valence-electron chi connectivity index (χ3n) is 9.07. The number of nitrogens with zero attached hydrogens (tertiary/aromatic N) is 5. The number of aryl methyl sites for hydroxylation is 2. The summed E-state index contributed by atoms with van der Waals surface area (Å²) in [5.41, 5.74) is 7.52. The van der Waals surface area contributed by atoms with Crippen molar-refractivity contribution < 1.29 is 23.9 Å². The fraction of sp³-hybridized carbons (Fsp3) is 0.455. The fourth-order valence-corrected chi connectivity index (χ4v) is 6.38. The van der Waals surface area contributed by atoms with Gasteiger partial charge in [-0.25, -0.2) is 14.8 Å². The number of rotatable bonds is 5. The summed E-state index contributed by atoms with van der Waals surface area (Å²) in [6, 6.07) is 8.18. The van der Waals surface area contributed by atoms with Gasteiger partial charge in [0.2, 0.25) is 17.7 Å². The van der Waals surface area contributed by atoms with Crippen LogP contribution in [0, 0.1) is 19.8 Å². The standard InChI is InChI=1S/C33H39N7O5/c1-19-10-9-12-24(35-19)28-36-27-20(2)26(44-4)14-13-23(27)30(37-28)45-22-16-25-29(41)38-33(31(34)42)17-21(33)11-7-5-6-8-15-39(3)32(43)40(25)18-22/h7,9-14,21-22,25H,5-6,8,15-18H2,1-4H3,(H2,34,42)(H,38,41). The van der Waals surface area contributed by atoms with Crippen molar-refractivity contribution in [3.8, 4) is 23.1 Å². The highest BCUT2D eigenvalue weighted by Crippen LogP contribution is 2.45. The SMILES string of the molecule is COc1ccc2c(OC3CC4C(=O)NC5(C(N)=O)CC5C=CCCCCN(C)C(=O)N4C3)nc(-c3cccc(C)n3)nc2c1C. The van der Waals surface area contributed by atoms with Crippen LogP contribution in [-0.2, 0) is 9.59 Å². The molecule has 12 heteroatoms. The molecule has 4 atom stereocenters. The summed E-state index contributed by atoms with van der Waals surface area (Å²) < 4.78 is 12.1. The quantitative estimate of drug-likeness (QED) is 0.416. The monoisotopic (exact) mass is 613 g/mol. The summed E-state index contributed by atoms with van der Waals surface area (Å²) in [5.74, 6) is 0.222. The first-order valence-corrected chi connectivity index (χ1v) is 15.4. The molecule has 1 saturated carbocycles. The number of allylic oxidation sites excluding steroid dienone is 1. The fourth-order valence-electron chi connectivity index (χ4n) is 6.38. The first-order valence-electron chi connectivity index (χ1n) is 15.4. The van der Waals surface area contributed by atoms with E-state index in [0.29, 0.717) is 47.0 Å². The molecule has 6 rings (SSSR count). The zero-order valence-electron chi connectivity index (χ0n) is 26.1. The number of hydrogen-bond donors (Lipinski definition) is 2. The highest BCUT2D eigenvalue weighted by molar-refractivity contribution is 5.97. The molecule has 3 N–H and O–H groups in total. The number of fused-ring (bicyclic) bond motifs is 3. The van der Waals surface area contributed by atoms with E-state index in [1.54, 1.807) is 19.1 Å². The zero-order valence-corrected chi connectivity index (χ0v) is 26.1. The van der Waals surface area contributed by atoms with Crippen LogP contribution in [0.15, 0.2) is 42.5 Å². The molecule has 2 aliphatic heterocycles. The number of methoxy groups -OCH3 is 1. The number of benzene rings is 1. The van der Waals surface area contributed by atoms with Gasteiger partial charge in [-0.3, -0.25) is 9.59 Å². The lowest BCUT2D eigenvalue weighted by Gasteiger charge is -2.30. The van der Waals surface area contributed by atoms with Crippen LogP contribution in [0.1, 0.15) is 43.4 Å². The Morgan fingerprint density at radius 1 is 1.11 bits per heavy atom. The second kappa shape index (κ2) is 12.0. The van der Waals surface area contributed by atoms with E-state index in [-0.39, 0.29) is 24.9 Å². The first-order chi connectivity index (χ1) is 21.6. The van der Waals surface area contributed by atoms with Crippen LogP contribution in [-0.4, -0.2) is 87.5 Å². The van der Waals surface area contributed by atoms with E-state index in [0.717, 1.165) is 30.5 Å². The molecular weight excluding hydrogens is 574 g/mol. The number of primary amides is 1. The predicted molar refractivity (Wildman–Crippen MR) is 168 cm³/mol. The van der Waals surface area contributed by atoms with E-state index in [1.807, 2.05) is 56.3 Å². The maximum Gasteiger partial charge on any atom is 0.320 e. The minimum Gasteiger partial charge on any atom is -0.496 e. The van der Waals surface area contributed by atoms with Gasteiger partial charge in [-0.2, -0.15) is 4.98 Å². The second-order valence-corrected chi connectivity index (χ2v) is 12.2. The topological polar surface area (TPSA) is 153 Å². The highest BCUT2D eigenvalue weighted by atomic mass is 16.5. The average molecular weight is 614 g/mol. The van der Waals surface area contributed by atoms with Crippen molar-refractivity contribution in [2.45, 2.75) is 63.6 Å². The minimum absolute atomic E-state index is 0.160. The Labute approximate surface area is 262 Å². The molecule has 12 nitrogen and oxygen atoms in total. The van der Waals surface area contributed by atoms with Gasteiger partial charge < -0.3 is 30.3 Å². The predicted octanol–water partition coefficient (Wildman–Crippen LogP) is 3.29. The van der Waals surface area contributed by atoms with Crippen LogP contribution in [0.4, 0.5) is 4.79 Å². The Bertz CT molecular complexity index is 1690. The van der Waals surface area contributed by atoms with Crippen LogP contribution in [0.5, 0.6) is 11.6 Å². The maximum absolute atomic E-state index is 13.8.